The molecule has 0 aromatic heterocycles. The van der Waals surface area contributed by atoms with Crippen LogP contribution < -0.4 is 5.32 Å². The van der Waals surface area contributed by atoms with E-state index in [1.807, 2.05) is 0 Å². The van der Waals surface area contributed by atoms with E-state index in [2.05, 4.69) is 66.5 Å². The highest BCUT2D eigenvalue weighted by atomic mass is 15.2. The van der Waals surface area contributed by atoms with Gasteiger partial charge in [-0.15, -0.1) is 0 Å². The van der Waals surface area contributed by atoms with Gasteiger partial charge >= 0.3 is 0 Å². The Labute approximate surface area is 128 Å². The number of fused-ring (bicyclic) bond motifs is 1. The minimum Gasteiger partial charge on any atom is -0.315 e. The molecule has 0 saturated carbocycles. The summed E-state index contributed by atoms with van der Waals surface area (Å²) in [5, 5.41) is 6.30. The molecular weight excluding hydrogens is 256 g/mol. The van der Waals surface area contributed by atoms with Crippen molar-refractivity contribution in [3.05, 3.63) is 48.0 Å². The average molecular weight is 282 g/mol. The Hall–Kier alpha value is -1.38. The van der Waals surface area contributed by atoms with Gasteiger partial charge in [0.15, 0.2) is 0 Å². The molecule has 2 atom stereocenters. The topological polar surface area (TPSA) is 15.3 Å². The minimum absolute atomic E-state index is 0.464. The predicted octanol–water partition coefficient (Wildman–Crippen LogP) is 3.97. The first kappa shape index (κ1) is 14.6. The van der Waals surface area contributed by atoms with Crippen LogP contribution in [0.4, 0.5) is 0 Å². The summed E-state index contributed by atoms with van der Waals surface area (Å²) in [7, 11) is 0. The normalized spacial score (nSPS) is 20.8. The van der Waals surface area contributed by atoms with Crippen molar-refractivity contribution in [1.29, 1.82) is 0 Å². The van der Waals surface area contributed by atoms with Gasteiger partial charge in [0.05, 0.1) is 0 Å². The molecule has 2 nitrogen and oxygen atoms in total. The van der Waals surface area contributed by atoms with Crippen LogP contribution in [0.15, 0.2) is 42.5 Å². The first-order chi connectivity index (χ1) is 10.3. The van der Waals surface area contributed by atoms with Gasteiger partial charge in [-0.25, -0.2) is 0 Å². The molecule has 1 heterocycles. The van der Waals surface area contributed by atoms with Crippen LogP contribution in [0.2, 0.25) is 0 Å². The summed E-state index contributed by atoms with van der Waals surface area (Å²) in [6.07, 6.45) is 2.61. The van der Waals surface area contributed by atoms with Gasteiger partial charge in [0.2, 0.25) is 0 Å². The summed E-state index contributed by atoms with van der Waals surface area (Å²) >= 11 is 0. The van der Waals surface area contributed by atoms with Crippen molar-refractivity contribution in [3.63, 3.8) is 0 Å². The monoisotopic (exact) mass is 282 g/mol. The standard InChI is InChI=1S/C19H26N2/c1-3-21(17-10-7-13-20-14-17)15(2)18-12-6-9-16-8-4-5-11-19(16)18/h4-6,8-9,11-12,15,17,20H,3,7,10,13-14H2,1-2H3. The van der Waals surface area contributed by atoms with Crippen LogP contribution >= 0.6 is 0 Å². The van der Waals surface area contributed by atoms with Crippen molar-refractivity contribution in [3.8, 4) is 0 Å². The molecule has 1 aliphatic rings. The van der Waals surface area contributed by atoms with Gasteiger partial charge < -0.3 is 5.32 Å². The number of rotatable bonds is 4. The van der Waals surface area contributed by atoms with Crippen molar-refractivity contribution >= 4 is 10.8 Å². The summed E-state index contributed by atoms with van der Waals surface area (Å²) in [6, 6.07) is 16.6. The summed E-state index contributed by atoms with van der Waals surface area (Å²) < 4.78 is 0. The molecule has 2 aromatic carbocycles. The number of nitrogens with zero attached hydrogens (tertiary/aromatic N) is 1. The number of piperidine rings is 1. The van der Waals surface area contributed by atoms with Gasteiger partial charge in [-0.05, 0) is 49.2 Å². The van der Waals surface area contributed by atoms with E-state index in [0.717, 1.165) is 13.1 Å². The van der Waals surface area contributed by atoms with Gasteiger partial charge in [0.1, 0.15) is 0 Å². The molecule has 21 heavy (non-hydrogen) atoms. The van der Waals surface area contributed by atoms with E-state index in [1.54, 1.807) is 0 Å². The Morgan fingerprint density at radius 1 is 1.19 bits per heavy atom. The second-order valence-electron chi connectivity index (χ2n) is 6.07. The molecule has 0 amide bonds. The van der Waals surface area contributed by atoms with Gasteiger partial charge in [0, 0.05) is 18.6 Å². The highest BCUT2D eigenvalue weighted by Crippen LogP contribution is 2.30. The lowest BCUT2D eigenvalue weighted by molar-refractivity contribution is 0.129. The summed E-state index contributed by atoms with van der Waals surface area (Å²) in [6.45, 7) is 8.06. The fraction of sp³-hybridized carbons (Fsp3) is 0.474. The van der Waals surface area contributed by atoms with E-state index >= 15 is 0 Å². The Morgan fingerprint density at radius 2 is 2.00 bits per heavy atom. The molecule has 2 heteroatoms. The Bertz CT molecular complexity index is 582. The summed E-state index contributed by atoms with van der Waals surface area (Å²) in [5.74, 6) is 0. The Balaban J connectivity index is 1.92. The molecule has 2 unspecified atom stereocenters. The average Bonchev–Trinajstić information content (AvgIpc) is 2.56. The van der Waals surface area contributed by atoms with E-state index in [0.29, 0.717) is 12.1 Å². The van der Waals surface area contributed by atoms with E-state index in [-0.39, 0.29) is 0 Å². The second kappa shape index (κ2) is 6.59. The number of nitrogens with one attached hydrogen (secondary N) is 1. The largest absolute Gasteiger partial charge is 0.315 e. The third-order valence-electron chi connectivity index (χ3n) is 4.88. The van der Waals surface area contributed by atoms with Crippen molar-refractivity contribution < 1.29 is 0 Å². The van der Waals surface area contributed by atoms with Gasteiger partial charge in [-0.3, -0.25) is 4.90 Å². The van der Waals surface area contributed by atoms with E-state index in [4.69, 9.17) is 0 Å². The Morgan fingerprint density at radius 3 is 2.76 bits per heavy atom. The highest BCUT2D eigenvalue weighted by molar-refractivity contribution is 5.86. The summed E-state index contributed by atoms with van der Waals surface area (Å²) in [5.41, 5.74) is 1.46. The SMILES string of the molecule is CCN(C1CCCNC1)C(C)c1cccc2ccccc12. The van der Waals surface area contributed by atoms with Crippen LogP contribution in [0.25, 0.3) is 10.8 Å². The zero-order valence-electron chi connectivity index (χ0n) is 13.2. The van der Waals surface area contributed by atoms with Crippen molar-refractivity contribution in [1.82, 2.24) is 10.2 Å². The highest BCUT2D eigenvalue weighted by Gasteiger charge is 2.25. The second-order valence-corrected chi connectivity index (χ2v) is 6.07. The predicted molar refractivity (Wildman–Crippen MR) is 90.6 cm³/mol. The zero-order valence-corrected chi connectivity index (χ0v) is 13.2. The van der Waals surface area contributed by atoms with Crippen molar-refractivity contribution in [2.24, 2.45) is 0 Å². The molecule has 1 saturated heterocycles. The number of likely N-dealkylation sites (N-methyl/N-ethyl adjacent to an activating group) is 1. The van der Waals surface area contributed by atoms with Crippen LogP contribution in [0, 0.1) is 0 Å². The number of hydrogen-bond donors (Lipinski definition) is 1. The molecule has 0 radical (unpaired) electrons. The van der Waals surface area contributed by atoms with Crippen LogP contribution in [-0.2, 0) is 0 Å². The molecule has 112 valence electrons. The molecule has 3 rings (SSSR count). The van der Waals surface area contributed by atoms with Crippen molar-refractivity contribution in [2.75, 3.05) is 19.6 Å². The Kier molecular flexibility index (Phi) is 4.57. The minimum atomic E-state index is 0.464. The molecule has 1 aliphatic heterocycles. The van der Waals surface area contributed by atoms with Crippen LogP contribution in [-0.4, -0.2) is 30.6 Å². The molecule has 2 aromatic rings. The first-order valence-electron chi connectivity index (χ1n) is 8.25. The smallest absolute Gasteiger partial charge is 0.0329 e. The number of benzene rings is 2. The van der Waals surface area contributed by atoms with Crippen LogP contribution in [0.3, 0.4) is 0 Å². The number of hydrogen-bond acceptors (Lipinski definition) is 2. The van der Waals surface area contributed by atoms with Gasteiger partial charge in [-0.1, -0.05) is 49.4 Å². The molecule has 1 fully saturated rings. The zero-order chi connectivity index (χ0) is 14.7. The fourth-order valence-corrected chi connectivity index (χ4v) is 3.76. The first-order valence-corrected chi connectivity index (χ1v) is 8.25. The summed E-state index contributed by atoms with van der Waals surface area (Å²) in [4.78, 5) is 2.66. The van der Waals surface area contributed by atoms with Crippen molar-refractivity contribution in [2.45, 2.75) is 38.8 Å². The molecule has 1 N–H and O–H groups in total. The van der Waals surface area contributed by atoms with Gasteiger partial charge in [-0.2, -0.15) is 0 Å². The molecule has 0 spiro atoms. The lowest BCUT2D eigenvalue weighted by Gasteiger charge is -2.38. The lowest BCUT2D eigenvalue weighted by atomic mass is 9.96. The molecular formula is C19H26N2. The maximum Gasteiger partial charge on any atom is 0.0329 e. The quantitative estimate of drug-likeness (QED) is 0.912. The maximum atomic E-state index is 3.55. The molecule has 0 aliphatic carbocycles. The van der Waals surface area contributed by atoms with E-state index in [1.165, 1.54) is 35.7 Å². The maximum absolute atomic E-state index is 3.55. The fourth-order valence-electron chi connectivity index (χ4n) is 3.76. The third-order valence-corrected chi connectivity index (χ3v) is 4.88. The third kappa shape index (κ3) is 2.97. The van der Waals surface area contributed by atoms with Crippen LogP contribution in [0.1, 0.15) is 38.3 Å². The lowest BCUT2D eigenvalue weighted by Crippen LogP contribution is -2.46. The van der Waals surface area contributed by atoms with Crippen LogP contribution in [0.5, 0.6) is 0 Å². The van der Waals surface area contributed by atoms with Gasteiger partial charge in [0.25, 0.3) is 0 Å². The molecule has 0 bridgehead atoms. The van der Waals surface area contributed by atoms with E-state index in [9.17, 15) is 0 Å². The van der Waals surface area contributed by atoms with E-state index < -0.39 is 0 Å².